The molecular weight excluding hydrogens is 568 g/mol. The highest BCUT2D eigenvalue weighted by atomic mass is 79.9. The maximum atomic E-state index is 13.1. The molecule has 1 fully saturated rings. The van der Waals surface area contributed by atoms with Gasteiger partial charge < -0.3 is 14.6 Å². The van der Waals surface area contributed by atoms with Crippen LogP contribution in [0.4, 0.5) is 5.69 Å². The van der Waals surface area contributed by atoms with E-state index in [0.717, 1.165) is 15.6 Å². The predicted octanol–water partition coefficient (Wildman–Crippen LogP) is 7.06. The van der Waals surface area contributed by atoms with E-state index in [1.54, 1.807) is 17.0 Å². The highest BCUT2D eigenvalue weighted by molar-refractivity contribution is 9.10. The lowest BCUT2D eigenvalue weighted by Crippen LogP contribution is -2.28. The Labute approximate surface area is 234 Å². The van der Waals surface area contributed by atoms with Crippen molar-refractivity contribution in [3.8, 4) is 11.5 Å². The molecule has 7 nitrogen and oxygen atoms in total. The Kier molecular flexibility index (Phi) is 8.91. The summed E-state index contributed by atoms with van der Waals surface area (Å²) < 4.78 is 12.7. The number of carbonyl (C=O) groups is 2. The minimum absolute atomic E-state index is 0.146. The number of rotatable bonds is 9. The van der Waals surface area contributed by atoms with Crippen molar-refractivity contribution in [2.24, 2.45) is 4.99 Å². The lowest BCUT2D eigenvalue weighted by atomic mass is 10.1. The molecule has 1 heterocycles. The zero-order valence-corrected chi connectivity index (χ0v) is 23.6. The first-order valence-electron chi connectivity index (χ1n) is 12.1. The average molecular weight is 596 g/mol. The third-order valence-corrected chi connectivity index (χ3v) is 7.27. The van der Waals surface area contributed by atoms with Gasteiger partial charge in [0.2, 0.25) is 0 Å². The first-order valence-corrected chi connectivity index (χ1v) is 13.7. The van der Waals surface area contributed by atoms with E-state index >= 15 is 0 Å². The molecule has 0 bridgehead atoms. The van der Waals surface area contributed by atoms with E-state index in [1.165, 1.54) is 29.5 Å². The molecule has 0 saturated carbocycles. The number of carboxylic acid groups (broad SMARTS) is 1. The number of carbonyl (C=O) groups excluding carboxylic acids is 1. The molecule has 1 aliphatic heterocycles. The highest BCUT2D eigenvalue weighted by Crippen LogP contribution is 2.40. The van der Waals surface area contributed by atoms with Gasteiger partial charge in [0.1, 0.15) is 6.61 Å². The SMILES string of the molecule is CCOc1cc(/C=C2/SC(=Nc3ccc(C(=O)O)cc3)N(CC)C2=O)cc(Br)c1OCc1ccc(C)cc1. The van der Waals surface area contributed by atoms with Crippen molar-refractivity contribution < 1.29 is 24.2 Å². The van der Waals surface area contributed by atoms with Gasteiger partial charge in [0.25, 0.3) is 5.91 Å². The Bertz CT molecular complexity index is 1400. The number of aliphatic imine (C=N–C) groups is 1. The van der Waals surface area contributed by atoms with E-state index in [0.29, 0.717) is 47.0 Å². The molecule has 1 saturated heterocycles. The van der Waals surface area contributed by atoms with Gasteiger partial charge in [0.15, 0.2) is 16.7 Å². The maximum absolute atomic E-state index is 13.1. The van der Waals surface area contributed by atoms with Gasteiger partial charge >= 0.3 is 5.97 Å². The first kappa shape index (κ1) is 27.5. The van der Waals surface area contributed by atoms with Gasteiger partial charge in [-0.2, -0.15) is 0 Å². The zero-order valence-electron chi connectivity index (χ0n) is 21.2. The Morgan fingerprint density at radius 3 is 2.42 bits per heavy atom. The molecule has 3 aromatic rings. The normalized spacial score (nSPS) is 15.4. The van der Waals surface area contributed by atoms with Gasteiger partial charge in [-0.3, -0.25) is 9.69 Å². The number of hydrogen-bond acceptors (Lipinski definition) is 6. The van der Waals surface area contributed by atoms with Gasteiger partial charge in [-0.15, -0.1) is 0 Å². The summed E-state index contributed by atoms with van der Waals surface area (Å²) in [7, 11) is 0. The summed E-state index contributed by atoms with van der Waals surface area (Å²) in [5.41, 5.74) is 3.77. The van der Waals surface area contributed by atoms with E-state index in [2.05, 4.69) is 20.9 Å². The summed E-state index contributed by atoms with van der Waals surface area (Å²) in [6.07, 6.45) is 1.81. The Balaban J connectivity index is 1.59. The molecule has 4 rings (SSSR count). The van der Waals surface area contributed by atoms with Crippen LogP contribution in [0.1, 0.15) is 40.9 Å². The second-order valence-electron chi connectivity index (χ2n) is 8.44. The molecule has 0 aromatic heterocycles. The molecule has 38 heavy (non-hydrogen) atoms. The van der Waals surface area contributed by atoms with Crippen LogP contribution in [0.2, 0.25) is 0 Å². The van der Waals surface area contributed by atoms with Gasteiger partial charge in [-0.05, 0) is 102 Å². The summed E-state index contributed by atoms with van der Waals surface area (Å²) >= 11 is 4.89. The van der Waals surface area contributed by atoms with Crippen LogP contribution >= 0.6 is 27.7 Å². The predicted molar refractivity (Wildman–Crippen MR) is 154 cm³/mol. The number of benzene rings is 3. The number of amides is 1. The largest absolute Gasteiger partial charge is 0.490 e. The van der Waals surface area contributed by atoms with Crippen LogP contribution in [0, 0.1) is 6.92 Å². The number of amidine groups is 1. The number of likely N-dealkylation sites (N-methyl/N-ethyl adjacent to an activating group) is 1. The monoisotopic (exact) mass is 594 g/mol. The number of hydrogen-bond donors (Lipinski definition) is 1. The van der Waals surface area contributed by atoms with Crippen LogP contribution in [-0.2, 0) is 11.4 Å². The first-order chi connectivity index (χ1) is 18.3. The fraction of sp³-hybridized carbons (Fsp3) is 0.207. The van der Waals surface area contributed by atoms with Crippen LogP contribution in [0.5, 0.6) is 11.5 Å². The Hall–Kier alpha value is -3.56. The summed E-state index contributed by atoms with van der Waals surface area (Å²) in [6.45, 7) is 7.14. The van der Waals surface area contributed by atoms with Gasteiger partial charge in [0, 0.05) is 6.54 Å². The Morgan fingerprint density at radius 1 is 1.08 bits per heavy atom. The van der Waals surface area contributed by atoms with E-state index in [-0.39, 0.29) is 11.5 Å². The lowest BCUT2D eigenvalue weighted by molar-refractivity contribution is -0.122. The lowest BCUT2D eigenvalue weighted by Gasteiger charge is -2.15. The molecule has 9 heteroatoms. The molecule has 196 valence electrons. The zero-order chi connectivity index (χ0) is 27.2. The molecule has 1 aliphatic rings. The third-order valence-electron chi connectivity index (χ3n) is 5.68. The van der Waals surface area contributed by atoms with Crippen molar-refractivity contribution in [2.45, 2.75) is 27.4 Å². The summed E-state index contributed by atoms with van der Waals surface area (Å²) in [4.78, 5) is 31.0. The number of halogens is 1. The van der Waals surface area contributed by atoms with Gasteiger partial charge in [-0.25, -0.2) is 9.79 Å². The van der Waals surface area contributed by atoms with E-state index in [4.69, 9.17) is 14.6 Å². The smallest absolute Gasteiger partial charge is 0.335 e. The van der Waals surface area contributed by atoms with E-state index < -0.39 is 5.97 Å². The quantitative estimate of drug-likeness (QED) is 0.267. The number of aromatic carboxylic acids is 1. The number of nitrogens with zero attached hydrogens (tertiary/aromatic N) is 2. The van der Waals surface area contributed by atoms with Crippen LogP contribution in [0.3, 0.4) is 0 Å². The molecule has 1 N–H and O–H groups in total. The molecule has 0 spiro atoms. The highest BCUT2D eigenvalue weighted by Gasteiger charge is 2.32. The van der Waals surface area contributed by atoms with Crippen molar-refractivity contribution >= 4 is 56.5 Å². The summed E-state index contributed by atoms with van der Waals surface area (Å²) in [5, 5.41) is 9.65. The number of ether oxygens (including phenoxy) is 2. The number of carboxylic acids is 1. The van der Waals surface area contributed by atoms with E-state index in [1.807, 2.05) is 63.2 Å². The second-order valence-corrected chi connectivity index (χ2v) is 10.3. The van der Waals surface area contributed by atoms with Crippen LogP contribution in [0.15, 0.2) is 75.0 Å². The molecule has 0 aliphatic carbocycles. The van der Waals surface area contributed by atoms with Crippen molar-refractivity contribution in [3.63, 3.8) is 0 Å². The topological polar surface area (TPSA) is 88.4 Å². The van der Waals surface area contributed by atoms with Crippen LogP contribution < -0.4 is 9.47 Å². The molecular formula is C29H27BrN2O5S. The van der Waals surface area contributed by atoms with Crippen LogP contribution in [0.25, 0.3) is 6.08 Å². The van der Waals surface area contributed by atoms with Crippen molar-refractivity contribution in [1.29, 1.82) is 0 Å². The molecule has 0 unspecified atom stereocenters. The maximum Gasteiger partial charge on any atom is 0.335 e. The van der Waals surface area contributed by atoms with Gasteiger partial charge in [0.05, 0.1) is 27.2 Å². The van der Waals surface area contributed by atoms with Crippen molar-refractivity contribution in [2.75, 3.05) is 13.2 Å². The molecule has 3 aromatic carbocycles. The number of thioether (sulfide) groups is 1. The number of aryl methyl sites for hydroxylation is 1. The standard InChI is InChI=1S/C29H27BrN2O5S/c1-4-32-27(33)25(38-29(32)31-22-12-10-21(11-13-22)28(34)35)16-20-14-23(30)26(24(15-20)36-5-2)37-17-19-8-6-18(3)7-9-19/h6-16H,4-5,17H2,1-3H3,(H,34,35)/b25-16+,31-29?. The molecule has 1 amide bonds. The average Bonchev–Trinajstić information content (AvgIpc) is 3.18. The fourth-order valence-corrected chi connectivity index (χ4v) is 5.36. The third kappa shape index (κ3) is 6.46. The molecule has 0 atom stereocenters. The minimum atomic E-state index is -1.00. The van der Waals surface area contributed by atoms with Crippen molar-refractivity contribution in [1.82, 2.24) is 4.90 Å². The van der Waals surface area contributed by atoms with Crippen LogP contribution in [-0.4, -0.2) is 40.2 Å². The Morgan fingerprint density at radius 2 is 1.79 bits per heavy atom. The van der Waals surface area contributed by atoms with E-state index in [9.17, 15) is 9.59 Å². The fourth-order valence-electron chi connectivity index (χ4n) is 3.72. The van der Waals surface area contributed by atoms with Gasteiger partial charge in [-0.1, -0.05) is 29.8 Å². The molecule has 0 radical (unpaired) electrons. The summed E-state index contributed by atoms with van der Waals surface area (Å²) in [5.74, 6) is 0.0321. The summed E-state index contributed by atoms with van der Waals surface area (Å²) in [6, 6.07) is 18.1. The van der Waals surface area contributed by atoms with Crippen molar-refractivity contribution in [3.05, 3.63) is 92.3 Å². The minimum Gasteiger partial charge on any atom is -0.490 e. The second kappa shape index (κ2) is 12.3.